The molecule has 0 aliphatic heterocycles. The number of rotatable bonds is 10. The molecule has 0 saturated carbocycles. The van der Waals surface area contributed by atoms with E-state index >= 15 is 0 Å². The van der Waals surface area contributed by atoms with Gasteiger partial charge in [-0.2, -0.15) is 12.6 Å². The highest BCUT2D eigenvalue weighted by Crippen LogP contribution is 2.19. The monoisotopic (exact) mass is 454 g/mol. The highest BCUT2D eigenvalue weighted by molar-refractivity contribution is 7.80. The predicted octanol–water partition coefficient (Wildman–Crippen LogP) is 1.26. The summed E-state index contributed by atoms with van der Waals surface area (Å²) in [5.41, 5.74) is 8.20. The summed E-state index contributed by atoms with van der Waals surface area (Å²) >= 11 is 4.02. The van der Waals surface area contributed by atoms with Gasteiger partial charge < -0.3 is 26.5 Å². The van der Waals surface area contributed by atoms with Crippen molar-refractivity contribution in [1.29, 1.82) is 0 Å². The number of carboxylic acids is 1. The Balaban J connectivity index is 1.78. The summed E-state index contributed by atoms with van der Waals surface area (Å²) in [5, 5.41) is 15.8. The van der Waals surface area contributed by atoms with Crippen molar-refractivity contribution in [3.8, 4) is 0 Å². The third-order valence-electron chi connectivity index (χ3n) is 5.16. The van der Waals surface area contributed by atoms with Gasteiger partial charge in [-0.15, -0.1) is 0 Å². The van der Waals surface area contributed by atoms with Crippen LogP contribution < -0.4 is 16.4 Å². The number of hydrogen-bond acceptors (Lipinski definition) is 5. The molecule has 3 atom stereocenters. The van der Waals surface area contributed by atoms with Gasteiger partial charge in [0.25, 0.3) is 0 Å². The second kappa shape index (κ2) is 10.8. The quantitative estimate of drug-likeness (QED) is 0.256. The SMILES string of the molecule is N[C@@H](CS)C(=O)N[C@@H](Cc1ccccc1)C(=O)N[C@@H](Cc1c[nH]c2ccccc12)C(=O)O. The number of fused-ring (bicyclic) bond motifs is 1. The smallest absolute Gasteiger partial charge is 0.326 e. The molecule has 6 N–H and O–H groups in total. The third-order valence-corrected chi connectivity index (χ3v) is 5.56. The van der Waals surface area contributed by atoms with E-state index in [4.69, 9.17) is 5.73 Å². The zero-order valence-electron chi connectivity index (χ0n) is 17.3. The number of aromatic amines is 1. The van der Waals surface area contributed by atoms with Gasteiger partial charge in [-0.25, -0.2) is 4.79 Å². The zero-order chi connectivity index (χ0) is 23.1. The molecule has 0 unspecified atom stereocenters. The summed E-state index contributed by atoms with van der Waals surface area (Å²) in [6.07, 6.45) is 2.02. The lowest BCUT2D eigenvalue weighted by atomic mass is 10.0. The summed E-state index contributed by atoms with van der Waals surface area (Å²) in [4.78, 5) is 40.4. The molecule has 0 spiro atoms. The van der Waals surface area contributed by atoms with E-state index in [2.05, 4.69) is 28.2 Å². The van der Waals surface area contributed by atoms with E-state index in [1.807, 2.05) is 54.6 Å². The number of carboxylic acid groups (broad SMARTS) is 1. The Morgan fingerprint density at radius 3 is 2.28 bits per heavy atom. The van der Waals surface area contributed by atoms with Crippen LogP contribution >= 0.6 is 12.6 Å². The summed E-state index contributed by atoms with van der Waals surface area (Å²) in [5.74, 6) is -2.18. The van der Waals surface area contributed by atoms with Gasteiger partial charge in [0.2, 0.25) is 11.8 Å². The van der Waals surface area contributed by atoms with E-state index in [1.54, 1.807) is 6.20 Å². The Morgan fingerprint density at radius 2 is 1.59 bits per heavy atom. The molecule has 3 rings (SSSR count). The lowest BCUT2D eigenvalue weighted by molar-refractivity contribution is -0.142. The first-order chi connectivity index (χ1) is 15.4. The normalized spacial score (nSPS) is 13.8. The van der Waals surface area contributed by atoms with Crippen LogP contribution in [0.3, 0.4) is 0 Å². The largest absolute Gasteiger partial charge is 0.480 e. The second-order valence-corrected chi connectivity index (χ2v) is 7.87. The number of aromatic nitrogens is 1. The molecule has 0 radical (unpaired) electrons. The fourth-order valence-corrected chi connectivity index (χ4v) is 3.58. The van der Waals surface area contributed by atoms with Crippen LogP contribution in [0, 0.1) is 0 Å². The van der Waals surface area contributed by atoms with Crippen LogP contribution in [-0.4, -0.2) is 51.8 Å². The van der Waals surface area contributed by atoms with E-state index in [0.717, 1.165) is 22.0 Å². The fourth-order valence-electron chi connectivity index (χ4n) is 3.41. The van der Waals surface area contributed by atoms with Crippen LogP contribution in [0.15, 0.2) is 60.8 Å². The molecule has 2 aromatic carbocycles. The lowest BCUT2D eigenvalue weighted by Gasteiger charge is -2.23. The summed E-state index contributed by atoms with van der Waals surface area (Å²) in [7, 11) is 0. The van der Waals surface area contributed by atoms with Gasteiger partial charge in [-0.1, -0.05) is 48.5 Å². The molecular formula is C23H26N4O4S. The Kier molecular flexibility index (Phi) is 7.91. The highest BCUT2D eigenvalue weighted by atomic mass is 32.1. The molecular weight excluding hydrogens is 428 g/mol. The number of thiol groups is 1. The molecule has 0 fully saturated rings. The molecule has 0 aliphatic carbocycles. The molecule has 0 bridgehead atoms. The van der Waals surface area contributed by atoms with Gasteiger partial charge >= 0.3 is 5.97 Å². The van der Waals surface area contributed by atoms with E-state index < -0.39 is 35.9 Å². The van der Waals surface area contributed by atoms with E-state index in [-0.39, 0.29) is 18.6 Å². The number of hydrogen-bond donors (Lipinski definition) is 6. The molecule has 1 aromatic heterocycles. The number of carbonyl (C=O) groups excluding carboxylic acids is 2. The molecule has 32 heavy (non-hydrogen) atoms. The minimum atomic E-state index is -1.17. The number of nitrogens with two attached hydrogens (primary N) is 1. The van der Waals surface area contributed by atoms with Crippen LogP contribution in [0.25, 0.3) is 10.9 Å². The number of aliphatic carboxylic acids is 1. The van der Waals surface area contributed by atoms with E-state index in [1.165, 1.54) is 0 Å². The van der Waals surface area contributed by atoms with Crippen molar-refractivity contribution in [2.24, 2.45) is 5.73 Å². The Labute approximate surface area is 191 Å². The fraction of sp³-hybridized carbons (Fsp3) is 0.261. The molecule has 9 heteroatoms. The average molecular weight is 455 g/mol. The summed E-state index contributed by atoms with van der Waals surface area (Å²) in [6, 6.07) is 13.6. The molecule has 1 heterocycles. The van der Waals surface area contributed by atoms with Crippen molar-refractivity contribution in [3.63, 3.8) is 0 Å². The maximum atomic E-state index is 13.0. The Morgan fingerprint density at radius 1 is 0.938 bits per heavy atom. The van der Waals surface area contributed by atoms with Gasteiger partial charge in [0.1, 0.15) is 12.1 Å². The van der Waals surface area contributed by atoms with Crippen LogP contribution in [0.2, 0.25) is 0 Å². The Hall–Kier alpha value is -3.30. The van der Waals surface area contributed by atoms with Crippen LogP contribution in [0.1, 0.15) is 11.1 Å². The topological polar surface area (TPSA) is 137 Å². The van der Waals surface area contributed by atoms with Crippen molar-refractivity contribution in [2.45, 2.75) is 31.0 Å². The summed E-state index contributed by atoms with van der Waals surface area (Å²) in [6.45, 7) is 0. The number of para-hydroxylation sites is 1. The maximum Gasteiger partial charge on any atom is 0.326 e. The highest BCUT2D eigenvalue weighted by Gasteiger charge is 2.28. The maximum absolute atomic E-state index is 13.0. The minimum Gasteiger partial charge on any atom is -0.480 e. The van der Waals surface area contributed by atoms with Gasteiger partial charge in [-0.3, -0.25) is 9.59 Å². The zero-order valence-corrected chi connectivity index (χ0v) is 18.2. The van der Waals surface area contributed by atoms with Crippen LogP contribution in [-0.2, 0) is 27.2 Å². The Bertz CT molecular complexity index is 1090. The van der Waals surface area contributed by atoms with Crippen LogP contribution in [0.5, 0.6) is 0 Å². The average Bonchev–Trinajstić information content (AvgIpc) is 3.21. The van der Waals surface area contributed by atoms with Gasteiger partial charge in [0.15, 0.2) is 0 Å². The molecule has 0 saturated heterocycles. The van der Waals surface area contributed by atoms with Gasteiger partial charge in [0.05, 0.1) is 6.04 Å². The van der Waals surface area contributed by atoms with Crippen molar-refractivity contribution in [2.75, 3.05) is 5.75 Å². The van der Waals surface area contributed by atoms with Crippen molar-refractivity contribution in [3.05, 3.63) is 71.9 Å². The second-order valence-electron chi connectivity index (χ2n) is 7.50. The first-order valence-corrected chi connectivity index (χ1v) is 10.8. The predicted molar refractivity (Wildman–Crippen MR) is 125 cm³/mol. The van der Waals surface area contributed by atoms with Gasteiger partial charge in [0, 0.05) is 35.7 Å². The van der Waals surface area contributed by atoms with Crippen molar-refractivity contribution in [1.82, 2.24) is 15.6 Å². The van der Waals surface area contributed by atoms with E-state index in [9.17, 15) is 19.5 Å². The number of amides is 2. The molecule has 0 aliphatic rings. The van der Waals surface area contributed by atoms with E-state index in [0.29, 0.717) is 0 Å². The molecule has 8 nitrogen and oxygen atoms in total. The number of H-pyrrole nitrogens is 1. The molecule has 168 valence electrons. The lowest BCUT2D eigenvalue weighted by Crippen LogP contribution is -2.55. The van der Waals surface area contributed by atoms with Crippen molar-refractivity contribution < 1.29 is 19.5 Å². The molecule has 3 aromatic rings. The third kappa shape index (κ3) is 5.89. The van der Waals surface area contributed by atoms with Crippen molar-refractivity contribution >= 4 is 41.3 Å². The van der Waals surface area contributed by atoms with Crippen LogP contribution in [0.4, 0.5) is 0 Å². The van der Waals surface area contributed by atoms with Gasteiger partial charge in [-0.05, 0) is 17.2 Å². The first kappa shape index (κ1) is 23.4. The number of nitrogens with one attached hydrogen (secondary N) is 3. The number of benzene rings is 2. The minimum absolute atomic E-state index is 0.0905. The first-order valence-electron chi connectivity index (χ1n) is 10.2. The standard InChI is InChI=1S/C23H26N4O4S/c24-17(13-32)21(28)26-19(10-14-6-2-1-3-7-14)22(29)27-20(23(30)31)11-15-12-25-18-9-5-4-8-16(15)18/h1-9,12,17,19-20,25,32H,10-11,13,24H2,(H,26,28)(H,27,29)(H,30,31)/t17-,19-,20-/m0/s1. The summed E-state index contributed by atoms with van der Waals surface area (Å²) < 4.78 is 0. The number of carbonyl (C=O) groups is 3. The molecule has 2 amide bonds.